The number of aliphatic imine (C=N–C) groups is 1. The molecule has 29 heavy (non-hydrogen) atoms. The third kappa shape index (κ3) is 4.82. The Labute approximate surface area is 171 Å². The van der Waals surface area contributed by atoms with Crippen LogP contribution >= 0.6 is 11.8 Å². The van der Waals surface area contributed by atoms with Crippen LogP contribution in [0.15, 0.2) is 23.2 Å². The second-order valence-corrected chi connectivity index (χ2v) is 9.74. The van der Waals surface area contributed by atoms with Crippen LogP contribution in [0.5, 0.6) is 11.5 Å². The molecule has 1 aromatic rings. The van der Waals surface area contributed by atoms with Gasteiger partial charge >= 0.3 is 5.97 Å². The fourth-order valence-electron chi connectivity index (χ4n) is 3.20. The summed E-state index contributed by atoms with van der Waals surface area (Å²) < 4.78 is 39.8. The number of nitrogens with zero attached hydrogens (tertiary/aromatic N) is 2. The van der Waals surface area contributed by atoms with E-state index in [2.05, 4.69) is 4.99 Å². The molecule has 2 fully saturated rings. The molecule has 12 heteroatoms. The van der Waals surface area contributed by atoms with Gasteiger partial charge in [0.2, 0.25) is 0 Å². The molecule has 3 rings (SSSR count). The minimum Gasteiger partial charge on any atom is -0.497 e. The van der Waals surface area contributed by atoms with E-state index in [9.17, 15) is 18.0 Å². The molecule has 2 aliphatic heterocycles. The van der Waals surface area contributed by atoms with Crippen LogP contribution in [0.25, 0.3) is 0 Å². The summed E-state index contributed by atoms with van der Waals surface area (Å²) in [6.07, 6.45) is 0. The van der Waals surface area contributed by atoms with E-state index in [1.165, 1.54) is 26.0 Å². The van der Waals surface area contributed by atoms with Crippen molar-refractivity contribution < 1.29 is 37.3 Å². The number of carbonyl (C=O) groups excluding carboxylic acids is 1. The number of sulfone groups is 1. The molecule has 158 valence electrons. The molecule has 0 aromatic heterocycles. The zero-order valence-corrected chi connectivity index (χ0v) is 17.4. The lowest BCUT2D eigenvalue weighted by molar-refractivity contribution is -0.143. The number of thioether (sulfide) groups is 1. The lowest BCUT2D eigenvalue weighted by Crippen LogP contribution is -2.38. The quantitative estimate of drug-likeness (QED) is 0.630. The first-order chi connectivity index (χ1) is 13.7. The summed E-state index contributed by atoms with van der Waals surface area (Å²) in [6, 6.07) is 4.66. The third-order valence-electron chi connectivity index (χ3n) is 4.38. The topological polar surface area (TPSA) is 132 Å². The molecular weight excluding hydrogens is 424 g/mol. The normalized spacial score (nSPS) is 23.8. The Bertz CT molecular complexity index is 947. The number of hydrogen-bond acceptors (Lipinski definition) is 8. The Hall–Kier alpha value is -2.31. The first-order valence-corrected chi connectivity index (χ1v) is 11.2. The number of carboxylic acids is 1. The van der Waals surface area contributed by atoms with E-state index in [-0.39, 0.29) is 16.8 Å². The number of rotatable bonds is 7. The van der Waals surface area contributed by atoms with Gasteiger partial charge in [0.15, 0.2) is 15.0 Å². The van der Waals surface area contributed by atoms with E-state index >= 15 is 0 Å². The zero-order valence-electron chi connectivity index (χ0n) is 15.7. The molecule has 1 amide bonds. The van der Waals surface area contributed by atoms with Crippen LogP contribution in [-0.4, -0.2) is 80.8 Å². The predicted molar refractivity (Wildman–Crippen MR) is 107 cm³/mol. The summed E-state index contributed by atoms with van der Waals surface area (Å²) in [7, 11) is -0.231. The lowest BCUT2D eigenvalue weighted by Gasteiger charge is -2.26. The van der Waals surface area contributed by atoms with Crippen LogP contribution < -0.4 is 14.4 Å². The van der Waals surface area contributed by atoms with E-state index in [4.69, 9.17) is 19.3 Å². The van der Waals surface area contributed by atoms with Gasteiger partial charge in [-0.1, -0.05) is 11.8 Å². The SMILES string of the molecule is COc1ccc(OC)c(N2C(=NC(=O)COCC(=O)O)S[C@H]3CS(=O)(=O)C[C@H]32)c1. The minimum absolute atomic E-state index is 0.0200. The zero-order chi connectivity index (χ0) is 21.2. The average Bonchev–Trinajstić information content (AvgIpc) is 3.11. The summed E-state index contributed by atoms with van der Waals surface area (Å²) in [5, 5.41) is 8.62. The van der Waals surface area contributed by atoms with Gasteiger partial charge in [0.25, 0.3) is 5.91 Å². The van der Waals surface area contributed by atoms with Gasteiger partial charge in [0.05, 0.1) is 37.5 Å². The maximum absolute atomic E-state index is 12.2. The van der Waals surface area contributed by atoms with Gasteiger partial charge < -0.3 is 24.2 Å². The number of amidine groups is 1. The summed E-state index contributed by atoms with van der Waals surface area (Å²) in [6.45, 7) is -1.10. The fourth-order valence-corrected chi connectivity index (χ4v) is 7.12. The van der Waals surface area contributed by atoms with E-state index in [0.29, 0.717) is 22.4 Å². The number of carboxylic acid groups (broad SMARTS) is 1. The van der Waals surface area contributed by atoms with Crippen LogP contribution in [0.1, 0.15) is 0 Å². The minimum atomic E-state index is -3.22. The van der Waals surface area contributed by atoms with E-state index in [0.717, 1.165) is 0 Å². The largest absolute Gasteiger partial charge is 0.497 e. The van der Waals surface area contributed by atoms with Gasteiger partial charge in [0, 0.05) is 11.3 Å². The van der Waals surface area contributed by atoms with E-state index in [1.807, 2.05) is 0 Å². The van der Waals surface area contributed by atoms with Crippen molar-refractivity contribution in [3.8, 4) is 11.5 Å². The second kappa shape index (κ2) is 8.59. The van der Waals surface area contributed by atoms with E-state index in [1.54, 1.807) is 23.1 Å². The first kappa shape index (κ1) is 21.4. The highest BCUT2D eigenvalue weighted by atomic mass is 32.2. The van der Waals surface area contributed by atoms with Gasteiger partial charge in [-0.2, -0.15) is 4.99 Å². The average molecular weight is 444 g/mol. The first-order valence-electron chi connectivity index (χ1n) is 8.53. The number of carbonyl (C=O) groups is 2. The maximum atomic E-state index is 12.2. The number of amides is 1. The summed E-state index contributed by atoms with van der Waals surface area (Å²) >= 11 is 1.19. The van der Waals surface area contributed by atoms with Crippen LogP contribution in [0, 0.1) is 0 Å². The highest BCUT2D eigenvalue weighted by molar-refractivity contribution is 8.16. The van der Waals surface area contributed by atoms with Gasteiger partial charge in [-0.05, 0) is 12.1 Å². The monoisotopic (exact) mass is 444 g/mol. The van der Waals surface area contributed by atoms with Crippen molar-refractivity contribution in [3.63, 3.8) is 0 Å². The van der Waals surface area contributed by atoms with E-state index < -0.39 is 41.0 Å². The molecule has 2 aliphatic rings. The van der Waals surface area contributed by atoms with Gasteiger partial charge in [-0.25, -0.2) is 13.2 Å². The summed E-state index contributed by atoms with van der Waals surface area (Å²) in [4.78, 5) is 28.4. The Balaban J connectivity index is 1.96. The summed E-state index contributed by atoms with van der Waals surface area (Å²) in [5.74, 6) is -0.947. The van der Waals surface area contributed by atoms with Crippen molar-refractivity contribution in [2.45, 2.75) is 11.3 Å². The van der Waals surface area contributed by atoms with Crippen molar-refractivity contribution in [2.24, 2.45) is 4.99 Å². The fraction of sp³-hybridized carbons (Fsp3) is 0.471. The highest BCUT2D eigenvalue weighted by Gasteiger charge is 2.50. The number of fused-ring (bicyclic) bond motifs is 1. The van der Waals surface area contributed by atoms with Gasteiger partial charge in [0.1, 0.15) is 24.7 Å². The molecule has 2 saturated heterocycles. The molecule has 0 unspecified atom stereocenters. The molecule has 0 aliphatic carbocycles. The number of anilines is 1. The Kier molecular flexibility index (Phi) is 6.34. The standard InChI is InChI=1S/C17H20N2O8S2/c1-25-10-3-4-13(26-2)11(5-10)19-12-8-29(23,24)9-14(12)28-17(19)18-15(20)6-27-7-16(21)22/h3-5,12,14H,6-9H2,1-2H3,(H,21,22)/t12-,14+/m1/s1. The van der Waals surface area contributed by atoms with Gasteiger partial charge in [-0.15, -0.1) is 0 Å². The van der Waals surface area contributed by atoms with Crippen molar-refractivity contribution in [2.75, 3.05) is 43.8 Å². The molecule has 0 spiro atoms. The molecule has 1 N–H and O–H groups in total. The Morgan fingerprint density at radius 2 is 2.00 bits per heavy atom. The molecule has 0 bridgehead atoms. The van der Waals surface area contributed by atoms with Crippen LogP contribution in [0.3, 0.4) is 0 Å². The van der Waals surface area contributed by atoms with Crippen LogP contribution in [0.4, 0.5) is 5.69 Å². The van der Waals surface area contributed by atoms with Crippen molar-refractivity contribution in [1.29, 1.82) is 0 Å². The van der Waals surface area contributed by atoms with Crippen molar-refractivity contribution in [3.05, 3.63) is 18.2 Å². The van der Waals surface area contributed by atoms with Crippen LogP contribution in [-0.2, 0) is 24.2 Å². The molecule has 2 atom stereocenters. The number of aliphatic carboxylic acids is 1. The molecular formula is C17H20N2O8S2. The lowest BCUT2D eigenvalue weighted by atomic mass is 10.2. The molecule has 2 heterocycles. The Morgan fingerprint density at radius 3 is 2.66 bits per heavy atom. The number of methoxy groups -OCH3 is 2. The molecule has 0 radical (unpaired) electrons. The number of ether oxygens (including phenoxy) is 3. The van der Waals surface area contributed by atoms with Gasteiger partial charge in [-0.3, -0.25) is 4.79 Å². The third-order valence-corrected chi connectivity index (χ3v) is 7.59. The second-order valence-electron chi connectivity index (χ2n) is 6.38. The summed E-state index contributed by atoms with van der Waals surface area (Å²) in [5.41, 5.74) is 0.530. The van der Waals surface area contributed by atoms with Crippen molar-refractivity contribution >= 4 is 44.3 Å². The highest BCUT2D eigenvalue weighted by Crippen LogP contribution is 2.44. The molecule has 0 saturated carbocycles. The maximum Gasteiger partial charge on any atom is 0.329 e. The van der Waals surface area contributed by atoms with Crippen molar-refractivity contribution in [1.82, 2.24) is 0 Å². The number of benzene rings is 1. The molecule has 1 aromatic carbocycles. The Morgan fingerprint density at radius 1 is 1.24 bits per heavy atom. The van der Waals surface area contributed by atoms with Crippen LogP contribution in [0.2, 0.25) is 0 Å². The predicted octanol–water partition coefficient (Wildman–Crippen LogP) is 0.406. The molecule has 10 nitrogen and oxygen atoms in total. The number of hydrogen-bond donors (Lipinski definition) is 1. The smallest absolute Gasteiger partial charge is 0.329 e.